The number of rotatable bonds is 11. The van der Waals surface area contributed by atoms with Gasteiger partial charge in [-0.05, 0) is 61.8 Å². The molecule has 7 heteroatoms. The molecule has 2 aromatic carbocycles. The van der Waals surface area contributed by atoms with Gasteiger partial charge in [0.05, 0.1) is 19.8 Å². The van der Waals surface area contributed by atoms with Crippen LogP contribution in [0.5, 0.6) is 11.5 Å². The molecule has 1 aliphatic rings. The Morgan fingerprint density at radius 1 is 1.13 bits per heavy atom. The van der Waals surface area contributed by atoms with E-state index in [9.17, 15) is 0 Å². The van der Waals surface area contributed by atoms with E-state index < -0.39 is 0 Å². The van der Waals surface area contributed by atoms with Gasteiger partial charge < -0.3 is 19.5 Å². The Labute approximate surface area is 192 Å². The number of ether oxygens (including phenoxy) is 3. The Morgan fingerprint density at radius 2 is 1.93 bits per heavy atom. The summed E-state index contributed by atoms with van der Waals surface area (Å²) in [6.45, 7) is 9.65. The summed E-state index contributed by atoms with van der Waals surface area (Å²) in [4.78, 5) is 2.46. The number of benzene rings is 2. The molecule has 1 heterocycles. The largest absolute Gasteiger partial charge is 0.490 e. The quantitative estimate of drug-likeness (QED) is 0.448. The smallest absolute Gasteiger partial charge is 0.162 e. The van der Waals surface area contributed by atoms with Crippen LogP contribution in [-0.4, -0.2) is 50.9 Å². The van der Waals surface area contributed by atoms with Crippen molar-refractivity contribution >= 4 is 27.5 Å². The summed E-state index contributed by atoms with van der Waals surface area (Å²) < 4.78 is 18.3. The maximum atomic E-state index is 6.07. The van der Waals surface area contributed by atoms with Crippen molar-refractivity contribution in [2.45, 2.75) is 26.5 Å². The fourth-order valence-electron chi connectivity index (χ4n) is 3.36. The van der Waals surface area contributed by atoms with Crippen molar-refractivity contribution < 1.29 is 14.2 Å². The van der Waals surface area contributed by atoms with Gasteiger partial charge in [-0.25, -0.2) is 0 Å². The van der Waals surface area contributed by atoms with Crippen LogP contribution >= 0.6 is 27.5 Å². The van der Waals surface area contributed by atoms with E-state index in [1.165, 1.54) is 0 Å². The van der Waals surface area contributed by atoms with E-state index in [0.29, 0.717) is 18.2 Å². The molecule has 0 spiro atoms. The zero-order valence-corrected chi connectivity index (χ0v) is 19.8. The number of hydrogen-bond acceptors (Lipinski definition) is 5. The van der Waals surface area contributed by atoms with Crippen LogP contribution in [0.4, 0.5) is 0 Å². The number of nitrogens with one attached hydrogen (secondary N) is 1. The molecule has 1 saturated heterocycles. The molecule has 5 nitrogen and oxygen atoms in total. The van der Waals surface area contributed by atoms with Crippen LogP contribution in [0.3, 0.4) is 0 Å². The van der Waals surface area contributed by atoms with Crippen LogP contribution in [0, 0.1) is 0 Å². The second-order valence-electron chi connectivity index (χ2n) is 7.23. The highest BCUT2D eigenvalue weighted by Gasteiger charge is 2.12. The molecule has 30 heavy (non-hydrogen) atoms. The second kappa shape index (κ2) is 12.5. The van der Waals surface area contributed by atoms with Gasteiger partial charge in [-0.15, -0.1) is 0 Å². The normalized spacial score (nSPS) is 14.6. The lowest BCUT2D eigenvalue weighted by molar-refractivity contribution is 0.0374. The first-order valence-corrected chi connectivity index (χ1v) is 11.7. The Morgan fingerprint density at radius 3 is 2.70 bits per heavy atom. The molecule has 3 rings (SSSR count). The first-order valence-electron chi connectivity index (χ1n) is 10.5. The zero-order chi connectivity index (χ0) is 21.2. The average molecular weight is 498 g/mol. The predicted molar refractivity (Wildman–Crippen MR) is 125 cm³/mol. The standard InChI is InChI=1S/C23H30BrClN2O3/c1-2-29-22-14-19(16-26-7-4-8-27-9-11-28-12-10-27)21(24)15-23(22)30-17-18-5-3-6-20(25)13-18/h3,5-6,13-15,26H,2,4,7-12,16-17H2,1H3. The van der Waals surface area contributed by atoms with E-state index in [0.717, 1.165) is 79.5 Å². The van der Waals surface area contributed by atoms with Crippen molar-refractivity contribution in [2.75, 3.05) is 46.0 Å². The Balaban J connectivity index is 1.52. The minimum absolute atomic E-state index is 0.437. The zero-order valence-electron chi connectivity index (χ0n) is 17.5. The minimum atomic E-state index is 0.437. The summed E-state index contributed by atoms with van der Waals surface area (Å²) in [5.74, 6) is 1.48. The number of halogens is 2. The lowest BCUT2D eigenvalue weighted by Gasteiger charge is -2.26. The van der Waals surface area contributed by atoms with Gasteiger partial charge in [-0.3, -0.25) is 4.90 Å². The second-order valence-corrected chi connectivity index (χ2v) is 8.52. The lowest BCUT2D eigenvalue weighted by atomic mass is 10.2. The third-order valence-corrected chi connectivity index (χ3v) is 5.92. The Bertz CT molecular complexity index is 800. The van der Waals surface area contributed by atoms with E-state index in [1.54, 1.807) is 0 Å². The van der Waals surface area contributed by atoms with Gasteiger partial charge in [0.15, 0.2) is 11.5 Å². The third kappa shape index (κ3) is 7.43. The van der Waals surface area contributed by atoms with Gasteiger partial charge in [0, 0.05) is 29.1 Å². The predicted octanol–water partition coefficient (Wildman–Crippen LogP) is 4.89. The SMILES string of the molecule is CCOc1cc(CNCCCN2CCOCC2)c(Br)cc1OCc1cccc(Cl)c1. The molecular formula is C23H30BrClN2O3. The molecule has 0 atom stereocenters. The van der Waals surface area contributed by atoms with Gasteiger partial charge in [0.1, 0.15) is 6.61 Å². The summed E-state index contributed by atoms with van der Waals surface area (Å²) >= 11 is 9.75. The van der Waals surface area contributed by atoms with Crippen molar-refractivity contribution in [3.8, 4) is 11.5 Å². The molecule has 1 aliphatic heterocycles. The van der Waals surface area contributed by atoms with E-state index in [2.05, 4.69) is 32.2 Å². The minimum Gasteiger partial charge on any atom is -0.490 e. The van der Waals surface area contributed by atoms with Crippen LogP contribution in [0.15, 0.2) is 40.9 Å². The van der Waals surface area contributed by atoms with E-state index in [-0.39, 0.29) is 0 Å². The van der Waals surface area contributed by atoms with Crippen molar-refractivity contribution in [3.63, 3.8) is 0 Å². The molecule has 0 aromatic heterocycles. The van der Waals surface area contributed by atoms with Crippen LogP contribution in [0.25, 0.3) is 0 Å². The van der Waals surface area contributed by atoms with Crippen LogP contribution in [0.2, 0.25) is 5.02 Å². The van der Waals surface area contributed by atoms with Crippen molar-refractivity contribution in [1.82, 2.24) is 10.2 Å². The molecule has 2 aromatic rings. The maximum absolute atomic E-state index is 6.07. The van der Waals surface area contributed by atoms with Gasteiger partial charge in [0.25, 0.3) is 0 Å². The molecule has 0 aliphatic carbocycles. The first kappa shape index (κ1) is 23.4. The molecule has 1 fully saturated rings. The molecule has 0 radical (unpaired) electrons. The lowest BCUT2D eigenvalue weighted by Crippen LogP contribution is -2.37. The average Bonchev–Trinajstić information content (AvgIpc) is 2.75. The summed E-state index contributed by atoms with van der Waals surface area (Å²) in [6, 6.07) is 11.7. The highest BCUT2D eigenvalue weighted by atomic mass is 79.9. The number of morpholine rings is 1. The number of hydrogen-bond donors (Lipinski definition) is 1. The highest BCUT2D eigenvalue weighted by molar-refractivity contribution is 9.10. The first-order chi connectivity index (χ1) is 14.7. The summed E-state index contributed by atoms with van der Waals surface area (Å²) in [6.07, 6.45) is 1.12. The van der Waals surface area contributed by atoms with Gasteiger partial charge >= 0.3 is 0 Å². The molecule has 0 unspecified atom stereocenters. The van der Waals surface area contributed by atoms with Gasteiger partial charge in [-0.1, -0.05) is 39.7 Å². The summed E-state index contributed by atoms with van der Waals surface area (Å²) in [7, 11) is 0. The van der Waals surface area contributed by atoms with Crippen molar-refractivity contribution in [1.29, 1.82) is 0 Å². The summed E-state index contributed by atoms with van der Waals surface area (Å²) in [5, 5.41) is 4.24. The topological polar surface area (TPSA) is 43.0 Å². The van der Waals surface area contributed by atoms with Gasteiger partial charge in [0.2, 0.25) is 0 Å². The maximum Gasteiger partial charge on any atom is 0.162 e. The Hall–Kier alpha value is -1.31. The fourth-order valence-corrected chi connectivity index (χ4v) is 4.03. The van der Waals surface area contributed by atoms with Crippen molar-refractivity contribution in [2.24, 2.45) is 0 Å². The monoisotopic (exact) mass is 496 g/mol. The molecule has 0 amide bonds. The van der Waals surface area contributed by atoms with E-state index in [4.69, 9.17) is 25.8 Å². The molecular weight excluding hydrogens is 468 g/mol. The van der Waals surface area contributed by atoms with Crippen LogP contribution < -0.4 is 14.8 Å². The Kier molecular flexibility index (Phi) is 9.75. The van der Waals surface area contributed by atoms with E-state index in [1.807, 2.05) is 37.3 Å². The molecule has 1 N–H and O–H groups in total. The number of nitrogens with zero attached hydrogens (tertiary/aromatic N) is 1. The highest BCUT2D eigenvalue weighted by Crippen LogP contribution is 2.34. The van der Waals surface area contributed by atoms with Gasteiger partial charge in [-0.2, -0.15) is 0 Å². The van der Waals surface area contributed by atoms with Crippen molar-refractivity contribution in [3.05, 3.63) is 57.0 Å². The van der Waals surface area contributed by atoms with Crippen LogP contribution in [-0.2, 0) is 17.9 Å². The molecule has 0 saturated carbocycles. The molecule has 164 valence electrons. The van der Waals surface area contributed by atoms with E-state index >= 15 is 0 Å². The van der Waals surface area contributed by atoms with Crippen LogP contribution in [0.1, 0.15) is 24.5 Å². The fraction of sp³-hybridized carbons (Fsp3) is 0.478. The summed E-state index contributed by atoms with van der Waals surface area (Å²) in [5.41, 5.74) is 2.17. The third-order valence-electron chi connectivity index (χ3n) is 4.94. The molecule has 0 bridgehead atoms.